The third-order valence-electron chi connectivity index (χ3n) is 3.09. The Morgan fingerprint density at radius 2 is 1.94 bits per heavy atom. The number of likely N-dealkylation sites (N-methyl/N-ethyl adjacent to an activating group) is 2. The van der Waals surface area contributed by atoms with Crippen molar-refractivity contribution in [3.63, 3.8) is 0 Å². The molecule has 104 valence electrons. The van der Waals surface area contributed by atoms with Crippen LogP contribution in [-0.4, -0.2) is 55.5 Å². The van der Waals surface area contributed by atoms with Gasteiger partial charge in [0.2, 0.25) is 5.91 Å². The minimum absolute atomic E-state index is 0.0471. The van der Waals surface area contributed by atoms with Gasteiger partial charge in [0, 0.05) is 19.6 Å². The summed E-state index contributed by atoms with van der Waals surface area (Å²) in [5, 5.41) is 8.46. The van der Waals surface area contributed by atoms with Crippen LogP contribution in [0.1, 0.15) is 26.7 Å². The molecule has 0 aromatic carbocycles. The van der Waals surface area contributed by atoms with E-state index in [1.165, 1.54) is 0 Å². The molecule has 1 unspecified atom stereocenters. The van der Waals surface area contributed by atoms with Crippen LogP contribution in [0.2, 0.25) is 0 Å². The quantitative estimate of drug-likeness (QED) is 0.690. The fraction of sp³-hybridized carbons (Fsp3) is 0.846. The smallest absolute Gasteiger partial charge is 0.236 e. The summed E-state index contributed by atoms with van der Waals surface area (Å²) in [5.74, 6) is 0.512. The molecule has 1 amide bonds. The number of nitriles is 1. The SMILES string of the molecule is CC(C)C(N)CCN(C)CC(=O)N(C)CCC#N. The van der Waals surface area contributed by atoms with E-state index in [4.69, 9.17) is 11.0 Å². The van der Waals surface area contributed by atoms with Crippen LogP contribution in [0, 0.1) is 17.2 Å². The summed E-state index contributed by atoms with van der Waals surface area (Å²) < 4.78 is 0. The minimum atomic E-state index is 0.0471. The van der Waals surface area contributed by atoms with Crippen molar-refractivity contribution in [2.75, 3.05) is 33.7 Å². The fourth-order valence-electron chi connectivity index (χ4n) is 1.48. The average molecular weight is 254 g/mol. The third-order valence-corrected chi connectivity index (χ3v) is 3.09. The highest BCUT2D eigenvalue weighted by Crippen LogP contribution is 2.03. The zero-order valence-electron chi connectivity index (χ0n) is 12.0. The Bertz CT molecular complexity index is 285. The molecule has 5 heteroatoms. The molecule has 5 nitrogen and oxygen atoms in total. The van der Waals surface area contributed by atoms with Gasteiger partial charge >= 0.3 is 0 Å². The molecule has 0 spiro atoms. The summed E-state index contributed by atoms with van der Waals surface area (Å²) >= 11 is 0. The lowest BCUT2D eigenvalue weighted by Gasteiger charge is -2.23. The summed E-state index contributed by atoms with van der Waals surface area (Å²) in [5.41, 5.74) is 5.96. The predicted molar refractivity (Wildman–Crippen MR) is 72.8 cm³/mol. The number of carbonyl (C=O) groups excluding carboxylic acids is 1. The molecule has 18 heavy (non-hydrogen) atoms. The Kier molecular flexibility index (Phi) is 8.34. The van der Waals surface area contributed by atoms with Gasteiger partial charge in [0.15, 0.2) is 0 Å². The zero-order chi connectivity index (χ0) is 14.1. The minimum Gasteiger partial charge on any atom is -0.344 e. The predicted octanol–water partition coefficient (Wildman–Crippen LogP) is 0.664. The van der Waals surface area contributed by atoms with E-state index in [1.807, 2.05) is 18.0 Å². The van der Waals surface area contributed by atoms with Gasteiger partial charge in [-0.2, -0.15) is 5.26 Å². The highest BCUT2D eigenvalue weighted by atomic mass is 16.2. The topological polar surface area (TPSA) is 73.4 Å². The molecule has 0 saturated carbocycles. The van der Waals surface area contributed by atoms with E-state index >= 15 is 0 Å². The number of amides is 1. The maximum atomic E-state index is 11.8. The lowest BCUT2D eigenvalue weighted by Crippen LogP contribution is -2.39. The third kappa shape index (κ3) is 7.25. The van der Waals surface area contributed by atoms with Crippen molar-refractivity contribution in [1.82, 2.24) is 9.80 Å². The van der Waals surface area contributed by atoms with Gasteiger partial charge in [0.25, 0.3) is 0 Å². The first-order chi connectivity index (χ1) is 8.38. The first kappa shape index (κ1) is 16.9. The molecule has 0 aromatic heterocycles. The summed E-state index contributed by atoms with van der Waals surface area (Å²) in [6, 6.07) is 2.21. The van der Waals surface area contributed by atoms with Crippen molar-refractivity contribution < 1.29 is 4.79 Å². The van der Waals surface area contributed by atoms with Crippen molar-refractivity contribution >= 4 is 5.91 Å². The monoisotopic (exact) mass is 254 g/mol. The van der Waals surface area contributed by atoms with Crippen LogP contribution in [-0.2, 0) is 4.79 Å². The van der Waals surface area contributed by atoms with Gasteiger partial charge in [-0.15, -0.1) is 0 Å². The van der Waals surface area contributed by atoms with E-state index < -0.39 is 0 Å². The van der Waals surface area contributed by atoms with Crippen LogP contribution in [0.5, 0.6) is 0 Å². The molecular formula is C13H26N4O. The van der Waals surface area contributed by atoms with Crippen molar-refractivity contribution in [3.8, 4) is 6.07 Å². The number of nitrogens with two attached hydrogens (primary N) is 1. The summed E-state index contributed by atoms with van der Waals surface area (Å²) in [6.45, 7) is 5.90. The standard InChI is InChI=1S/C13H26N4O/c1-11(2)12(15)6-9-16(3)10-13(18)17(4)8-5-7-14/h11-12H,5-6,8-10,15H2,1-4H3. The van der Waals surface area contributed by atoms with E-state index in [2.05, 4.69) is 13.8 Å². The van der Waals surface area contributed by atoms with Crippen LogP contribution in [0.4, 0.5) is 0 Å². The molecule has 0 bridgehead atoms. The van der Waals surface area contributed by atoms with Crippen LogP contribution < -0.4 is 5.73 Å². The molecule has 0 fully saturated rings. The Labute approximate surface area is 111 Å². The number of hydrogen-bond donors (Lipinski definition) is 1. The van der Waals surface area contributed by atoms with E-state index in [0.717, 1.165) is 13.0 Å². The van der Waals surface area contributed by atoms with Gasteiger partial charge in [0.1, 0.15) is 0 Å². The Morgan fingerprint density at radius 1 is 1.33 bits per heavy atom. The second-order valence-corrected chi connectivity index (χ2v) is 5.16. The number of carbonyl (C=O) groups is 1. The maximum Gasteiger partial charge on any atom is 0.236 e. The van der Waals surface area contributed by atoms with Crippen LogP contribution in [0.15, 0.2) is 0 Å². The largest absolute Gasteiger partial charge is 0.344 e. The number of nitrogens with zero attached hydrogens (tertiary/aromatic N) is 3. The van der Waals surface area contributed by atoms with Crippen molar-refractivity contribution in [2.24, 2.45) is 11.7 Å². The van der Waals surface area contributed by atoms with Crippen molar-refractivity contribution in [1.29, 1.82) is 5.26 Å². The second-order valence-electron chi connectivity index (χ2n) is 5.16. The molecule has 0 rings (SSSR count). The van der Waals surface area contributed by atoms with Gasteiger partial charge in [-0.25, -0.2) is 0 Å². The first-order valence-electron chi connectivity index (χ1n) is 6.43. The molecule has 0 radical (unpaired) electrons. The Morgan fingerprint density at radius 3 is 2.44 bits per heavy atom. The summed E-state index contributed by atoms with van der Waals surface area (Å²) in [7, 11) is 3.65. The molecular weight excluding hydrogens is 228 g/mol. The molecule has 0 aliphatic carbocycles. The summed E-state index contributed by atoms with van der Waals surface area (Å²) in [4.78, 5) is 15.4. The molecule has 1 atom stereocenters. The van der Waals surface area contributed by atoms with Gasteiger partial charge in [-0.05, 0) is 25.9 Å². The number of rotatable bonds is 8. The normalized spacial score (nSPS) is 12.6. The van der Waals surface area contributed by atoms with Crippen molar-refractivity contribution in [2.45, 2.75) is 32.7 Å². The Hall–Kier alpha value is -1.12. The molecule has 0 aliphatic heterocycles. The molecule has 0 aromatic rings. The molecule has 0 saturated heterocycles. The second kappa shape index (κ2) is 8.90. The molecule has 2 N–H and O–H groups in total. The van der Waals surface area contributed by atoms with Gasteiger partial charge in [-0.3, -0.25) is 9.69 Å². The number of hydrogen-bond acceptors (Lipinski definition) is 4. The van der Waals surface area contributed by atoms with Crippen LogP contribution in [0.3, 0.4) is 0 Å². The van der Waals surface area contributed by atoms with E-state index in [0.29, 0.717) is 25.4 Å². The highest BCUT2D eigenvalue weighted by molar-refractivity contribution is 5.77. The zero-order valence-corrected chi connectivity index (χ0v) is 12.0. The maximum absolute atomic E-state index is 11.8. The van der Waals surface area contributed by atoms with E-state index in [-0.39, 0.29) is 11.9 Å². The van der Waals surface area contributed by atoms with Gasteiger partial charge < -0.3 is 10.6 Å². The van der Waals surface area contributed by atoms with E-state index in [9.17, 15) is 4.79 Å². The Balaban J connectivity index is 3.90. The van der Waals surface area contributed by atoms with E-state index in [1.54, 1.807) is 11.9 Å². The van der Waals surface area contributed by atoms with Crippen LogP contribution >= 0.6 is 0 Å². The highest BCUT2D eigenvalue weighted by Gasteiger charge is 2.13. The average Bonchev–Trinajstić information content (AvgIpc) is 2.32. The lowest BCUT2D eigenvalue weighted by atomic mass is 10.0. The first-order valence-corrected chi connectivity index (χ1v) is 6.43. The van der Waals surface area contributed by atoms with Crippen LogP contribution in [0.25, 0.3) is 0 Å². The molecule has 0 aliphatic rings. The van der Waals surface area contributed by atoms with Gasteiger partial charge in [0.05, 0.1) is 19.0 Å². The fourth-order valence-corrected chi connectivity index (χ4v) is 1.48. The summed E-state index contributed by atoms with van der Waals surface area (Å²) in [6.07, 6.45) is 1.27. The van der Waals surface area contributed by atoms with Gasteiger partial charge in [-0.1, -0.05) is 13.8 Å². The molecule has 0 heterocycles. The lowest BCUT2D eigenvalue weighted by molar-refractivity contribution is -0.130. The van der Waals surface area contributed by atoms with Crippen molar-refractivity contribution in [3.05, 3.63) is 0 Å².